The molecule has 3 aromatic rings. The highest BCUT2D eigenvalue weighted by Crippen LogP contribution is 2.23. The Morgan fingerprint density at radius 2 is 1.91 bits per heavy atom. The summed E-state index contributed by atoms with van der Waals surface area (Å²) < 4.78 is 20.4. The molecule has 0 radical (unpaired) electrons. The van der Waals surface area contributed by atoms with Crippen molar-refractivity contribution in [3.05, 3.63) is 66.3 Å². The van der Waals surface area contributed by atoms with Gasteiger partial charge in [0.05, 0.1) is 24.2 Å². The number of likely N-dealkylation sites (N-methyl/N-ethyl adjacent to an activating group) is 1. The maximum Gasteiger partial charge on any atom is 0.224 e. The molecule has 9 nitrogen and oxygen atoms in total. The summed E-state index contributed by atoms with van der Waals surface area (Å²) in [6, 6.07) is 6.43. The second-order valence-corrected chi connectivity index (χ2v) is 8.20. The number of benzene rings is 1. The fourth-order valence-electron chi connectivity index (χ4n) is 3.58. The van der Waals surface area contributed by atoms with Crippen LogP contribution in [0.25, 0.3) is 11.4 Å². The Labute approximate surface area is 198 Å². The lowest BCUT2D eigenvalue weighted by Crippen LogP contribution is -2.45. The summed E-state index contributed by atoms with van der Waals surface area (Å²) in [7, 11) is 2.12. The predicted octanol–water partition coefficient (Wildman–Crippen LogP) is 1.56. The molecule has 1 saturated heterocycles. The molecule has 0 spiro atoms. The molecule has 0 saturated carbocycles. The van der Waals surface area contributed by atoms with E-state index in [4.69, 9.17) is 4.74 Å². The molecule has 10 heteroatoms. The summed E-state index contributed by atoms with van der Waals surface area (Å²) in [5.41, 5.74) is 1.64. The average molecular weight is 466 g/mol. The number of carbonyl (C=O) groups excluding carboxylic acids is 1. The Hall–Kier alpha value is -3.50. The number of carbonyl (C=O) groups is 1. The van der Waals surface area contributed by atoms with Crippen LogP contribution in [0.2, 0.25) is 0 Å². The molecule has 0 aliphatic carbocycles. The lowest BCUT2D eigenvalue weighted by molar-refractivity contribution is -0.120. The molecule has 4 rings (SSSR count). The number of rotatable bonds is 9. The van der Waals surface area contributed by atoms with Gasteiger partial charge in [-0.2, -0.15) is 0 Å². The van der Waals surface area contributed by atoms with Crippen LogP contribution in [0, 0.1) is 5.82 Å². The van der Waals surface area contributed by atoms with Crippen LogP contribution in [-0.4, -0.2) is 82.0 Å². The van der Waals surface area contributed by atoms with E-state index in [2.05, 4.69) is 42.1 Å². The van der Waals surface area contributed by atoms with Gasteiger partial charge in [-0.1, -0.05) is 0 Å². The van der Waals surface area contributed by atoms with Crippen LogP contribution in [0.15, 0.2) is 49.2 Å². The predicted molar refractivity (Wildman–Crippen MR) is 124 cm³/mol. The Balaban J connectivity index is 1.26. The molecular formula is C24H28FN7O2. The molecule has 0 atom stereocenters. The van der Waals surface area contributed by atoms with Gasteiger partial charge < -0.3 is 15.0 Å². The minimum Gasteiger partial charge on any atom is -0.492 e. The summed E-state index contributed by atoms with van der Waals surface area (Å²) in [6.45, 7) is 5.77. The van der Waals surface area contributed by atoms with E-state index in [1.54, 1.807) is 24.4 Å². The van der Waals surface area contributed by atoms with Gasteiger partial charge in [0.2, 0.25) is 5.91 Å². The Morgan fingerprint density at radius 1 is 1.12 bits per heavy atom. The molecule has 1 aliphatic heterocycles. The molecule has 2 aromatic heterocycles. The van der Waals surface area contributed by atoms with Crippen molar-refractivity contribution in [1.29, 1.82) is 0 Å². The molecule has 3 heterocycles. The first kappa shape index (κ1) is 23.7. The average Bonchev–Trinajstić information content (AvgIpc) is 2.85. The highest BCUT2D eigenvalue weighted by atomic mass is 19.1. The summed E-state index contributed by atoms with van der Waals surface area (Å²) in [4.78, 5) is 33.2. The van der Waals surface area contributed by atoms with Gasteiger partial charge in [-0.3, -0.25) is 9.69 Å². The van der Waals surface area contributed by atoms with Crippen LogP contribution in [0.4, 0.5) is 4.39 Å². The van der Waals surface area contributed by atoms with Crippen LogP contribution in [0.5, 0.6) is 5.75 Å². The van der Waals surface area contributed by atoms with Crippen molar-refractivity contribution < 1.29 is 13.9 Å². The van der Waals surface area contributed by atoms with Crippen LogP contribution >= 0.6 is 0 Å². The summed E-state index contributed by atoms with van der Waals surface area (Å²) in [5, 5.41) is 2.78. The molecule has 1 fully saturated rings. The fourth-order valence-corrected chi connectivity index (χ4v) is 3.58. The van der Waals surface area contributed by atoms with Crippen LogP contribution in [0.3, 0.4) is 0 Å². The summed E-state index contributed by atoms with van der Waals surface area (Å²) in [5.74, 6) is 0.102. The lowest BCUT2D eigenvalue weighted by Gasteiger charge is -2.32. The van der Waals surface area contributed by atoms with E-state index in [0.717, 1.165) is 38.4 Å². The molecule has 1 amide bonds. The SMILES string of the molecule is CN1CCN(CCOc2ccc(-c3ncc(CC(=O)NCc4ccncn4)cn3)c(F)c2)CC1. The van der Waals surface area contributed by atoms with Gasteiger partial charge in [-0.05, 0) is 30.8 Å². The van der Waals surface area contributed by atoms with Crippen LogP contribution in [0.1, 0.15) is 11.3 Å². The van der Waals surface area contributed by atoms with Gasteiger partial charge in [-0.25, -0.2) is 24.3 Å². The monoisotopic (exact) mass is 465 g/mol. The van der Waals surface area contributed by atoms with Gasteiger partial charge in [0.25, 0.3) is 0 Å². The van der Waals surface area contributed by atoms with E-state index in [1.807, 2.05) is 0 Å². The van der Waals surface area contributed by atoms with Crippen LogP contribution in [-0.2, 0) is 17.8 Å². The third-order valence-corrected chi connectivity index (χ3v) is 5.63. The van der Waals surface area contributed by atoms with Gasteiger partial charge in [0, 0.05) is 57.4 Å². The Kier molecular flexibility index (Phi) is 8.05. The smallest absolute Gasteiger partial charge is 0.224 e. The number of hydrogen-bond donors (Lipinski definition) is 1. The number of amides is 1. The van der Waals surface area contributed by atoms with Crippen molar-refractivity contribution in [2.75, 3.05) is 46.4 Å². The topological polar surface area (TPSA) is 96.4 Å². The second-order valence-electron chi connectivity index (χ2n) is 8.20. The van der Waals surface area contributed by atoms with Crippen molar-refractivity contribution in [3.8, 4) is 17.1 Å². The zero-order chi connectivity index (χ0) is 23.8. The number of nitrogens with one attached hydrogen (secondary N) is 1. The molecule has 0 bridgehead atoms. The van der Waals surface area contributed by atoms with Crippen molar-refractivity contribution in [3.63, 3.8) is 0 Å². The number of aromatic nitrogens is 4. The highest BCUT2D eigenvalue weighted by Gasteiger charge is 2.14. The Morgan fingerprint density at radius 3 is 2.62 bits per heavy atom. The van der Waals surface area contributed by atoms with E-state index in [0.29, 0.717) is 24.5 Å². The third kappa shape index (κ3) is 6.75. The summed E-state index contributed by atoms with van der Waals surface area (Å²) >= 11 is 0. The fraction of sp³-hybridized carbons (Fsp3) is 0.375. The highest BCUT2D eigenvalue weighted by molar-refractivity contribution is 5.78. The van der Waals surface area contributed by atoms with E-state index < -0.39 is 5.82 Å². The van der Waals surface area contributed by atoms with E-state index in [-0.39, 0.29) is 23.7 Å². The molecule has 178 valence electrons. The van der Waals surface area contributed by atoms with Crippen LogP contribution < -0.4 is 10.1 Å². The first-order valence-corrected chi connectivity index (χ1v) is 11.2. The number of ether oxygens (including phenoxy) is 1. The maximum atomic E-state index is 14.7. The van der Waals surface area contributed by atoms with E-state index in [1.165, 1.54) is 24.8 Å². The minimum atomic E-state index is -0.451. The quantitative estimate of drug-likeness (QED) is 0.509. The molecule has 1 aromatic carbocycles. The molecule has 0 unspecified atom stereocenters. The standard InChI is InChI=1S/C24H28FN7O2/c1-31-6-8-32(9-7-31)10-11-34-20-2-3-21(22(25)13-20)24-28-14-18(15-29-24)12-23(33)27-16-19-4-5-26-17-30-19/h2-5,13-15,17H,6-12,16H2,1H3,(H,27,33). The van der Waals surface area contributed by atoms with Crippen molar-refractivity contribution >= 4 is 5.91 Å². The molecule has 1 N–H and O–H groups in total. The van der Waals surface area contributed by atoms with Gasteiger partial charge >= 0.3 is 0 Å². The third-order valence-electron chi connectivity index (χ3n) is 5.63. The maximum absolute atomic E-state index is 14.7. The second kappa shape index (κ2) is 11.6. The lowest BCUT2D eigenvalue weighted by atomic mass is 10.1. The van der Waals surface area contributed by atoms with Gasteiger partial charge in [-0.15, -0.1) is 0 Å². The number of halogens is 1. The molecule has 34 heavy (non-hydrogen) atoms. The van der Waals surface area contributed by atoms with E-state index in [9.17, 15) is 9.18 Å². The van der Waals surface area contributed by atoms with Gasteiger partial charge in [0.1, 0.15) is 24.5 Å². The number of nitrogens with zero attached hydrogens (tertiary/aromatic N) is 6. The van der Waals surface area contributed by atoms with Crippen molar-refractivity contribution in [1.82, 2.24) is 35.1 Å². The largest absolute Gasteiger partial charge is 0.492 e. The zero-order valence-electron chi connectivity index (χ0n) is 19.2. The van der Waals surface area contributed by atoms with E-state index >= 15 is 0 Å². The molecular weight excluding hydrogens is 437 g/mol. The van der Waals surface area contributed by atoms with Gasteiger partial charge in [0.15, 0.2) is 5.82 Å². The first-order chi connectivity index (χ1) is 16.6. The normalized spacial score (nSPS) is 14.6. The first-order valence-electron chi connectivity index (χ1n) is 11.2. The summed E-state index contributed by atoms with van der Waals surface area (Å²) in [6.07, 6.45) is 6.24. The number of piperazine rings is 1. The molecule has 1 aliphatic rings. The van der Waals surface area contributed by atoms with Crippen molar-refractivity contribution in [2.24, 2.45) is 0 Å². The van der Waals surface area contributed by atoms with Crippen molar-refractivity contribution in [2.45, 2.75) is 13.0 Å². The zero-order valence-corrected chi connectivity index (χ0v) is 19.2. The Bertz CT molecular complexity index is 1070. The number of hydrogen-bond acceptors (Lipinski definition) is 8. The minimum absolute atomic E-state index is 0.119.